The SMILES string of the molecule is COCCn1nnnc1C(c1ccc(Cl)cc1)N1CCN(C)CC1.Cl. The van der Waals surface area contributed by atoms with E-state index in [9.17, 15) is 0 Å². The molecule has 138 valence electrons. The van der Waals surface area contributed by atoms with Gasteiger partial charge in [0.15, 0.2) is 5.82 Å². The zero-order chi connectivity index (χ0) is 16.9. The van der Waals surface area contributed by atoms with E-state index >= 15 is 0 Å². The summed E-state index contributed by atoms with van der Waals surface area (Å²) in [5.41, 5.74) is 1.15. The molecule has 1 aliphatic rings. The first kappa shape index (κ1) is 20.1. The number of halogens is 2. The minimum atomic E-state index is 0. The fourth-order valence-electron chi connectivity index (χ4n) is 2.99. The number of nitrogens with zero attached hydrogens (tertiary/aromatic N) is 6. The minimum absolute atomic E-state index is 0. The lowest BCUT2D eigenvalue weighted by Crippen LogP contribution is -2.46. The van der Waals surface area contributed by atoms with Crippen LogP contribution in [0.4, 0.5) is 0 Å². The summed E-state index contributed by atoms with van der Waals surface area (Å²) in [7, 11) is 3.83. The van der Waals surface area contributed by atoms with Crippen molar-refractivity contribution in [1.82, 2.24) is 30.0 Å². The second-order valence-corrected chi connectivity index (χ2v) is 6.48. The number of hydrogen-bond acceptors (Lipinski definition) is 6. The average molecular weight is 387 g/mol. The molecule has 2 heterocycles. The first-order valence-corrected chi connectivity index (χ1v) is 8.50. The van der Waals surface area contributed by atoms with Crippen molar-refractivity contribution in [2.75, 3.05) is 46.9 Å². The molecule has 1 saturated heterocycles. The van der Waals surface area contributed by atoms with Gasteiger partial charge >= 0.3 is 0 Å². The normalized spacial score (nSPS) is 17.2. The highest BCUT2D eigenvalue weighted by molar-refractivity contribution is 6.30. The third-order valence-electron chi connectivity index (χ3n) is 4.40. The predicted molar refractivity (Wildman–Crippen MR) is 99.3 cm³/mol. The summed E-state index contributed by atoms with van der Waals surface area (Å²) in [6.07, 6.45) is 0. The topological polar surface area (TPSA) is 59.3 Å². The molecular weight excluding hydrogens is 363 g/mol. The standard InChI is InChI=1S/C16H23ClN6O.ClH/c1-21-7-9-22(10-8-21)15(13-3-5-14(17)6-4-13)16-18-19-20-23(16)11-12-24-2;/h3-6,15H,7-12H2,1-2H3;1H. The van der Waals surface area contributed by atoms with Crippen LogP contribution in [0.25, 0.3) is 0 Å². The lowest BCUT2D eigenvalue weighted by Gasteiger charge is -2.37. The van der Waals surface area contributed by atoms with Crippen molar-refractivity contribution in [2.45, 2.75) is 12.6 Å². The van der Waals surface area contributed by atoms with E-state index in [1.807, 2.05) is 16.8 Å². The van der Waals surface area contributed by atoms with Crippen LogP contribution in [0, 0.1) is 0 Å². The summed E-state index contributed by atoms with van der Waals surface area (Å²) in [4.78, 5) is 4.77. The molecule has 2 aromatic rings. The van der Waals surface area contributed by atoms with Crippen molar-refractivity contribution in [1.29, 1.82) is 0 Å². The van der Waals surface area contributed by atoms with Crippen LogP contribution < -0.4 is 0 Å². The van der Waals surface area contributed by atoms with E-state index < -0.39 is 0 Å². The quantitative estimate of drug-likeness (QED) is 0.753. The molecule has 0 aliphatic carbocycles. The van der Waals surface area contributed by atoms with Gasteiger partial charge in [-0.2, -0.15) is 0 Å². The van der Waals surface area contributed by atoms with Crippen LogP contribution in [-0.4, -0.2) is 77.0 Å². The van der Waals surface area contributed by atoms with Crippen molar-refractivity contribution >= 4 is 24.0 Å². The van der Waals surface area contributed by atoms with E-state index in [0.717, 1.165) is 42.6 Å². The third-order valence-corrected chi connectivity index (χ3v) is 4.65. The Hall–Kier alpha value is -1.25. The van der Waals surface area contributed by atoms with Crippen LogP contribution >= 0.6 is 24.0 Å². The van der Waals surface area contributed by atoms with Gasteiger partial charge in [-0.15, -0.1) is 17.5 Å². The molecular formula is C16H24Cl2N6O. The molecule has 1 aromatic carbocycles. The lowest BCUT2D eigenvalue weighted by molar-refractivity contribution is 0.119. The van der Waals surface area contributed by atoms with Gasteiger partial charge in [0.25, 0.3) is 0 Å². The van der Waals surface area contributed by atoms with Crippen LogP contribution in [0.15, 0.2) is 24.3 Å². The van der Waals surface area contributed by atoms with E-state index in [4.69, 9.17) is 16.3 Å². The Labute approximate surface area is 159 Å². The number of benzene rings is 1. The fraction of sp³-hybridized carbons (Fsp3) is 0.562. The predicted octanol–water partition coefficient (Wildman–Crippen LogP) is 1.73. The molecule has 1 fully saturated rings. The molecule has 1 aromatic heterocycles. The number of aromatic nitrogens is 4. The molecule has 0 spiro atoms. The maximum Gasteiger partial charge on any atom is 0.173 e. The molecule has 0 saturated carbocycles. The monoisotopic (exact) mass is 386 g/mol. The second-order valence-electron chi connectivity index (χ2n) is 6.05. The van der Waals surface area contributed by atoms with Crippen molar-refractivity contribution in [3.05, 3.63) is 40.7 Å². The van der Waals surface area contributed by atoms with Crippen LogP contribution in [0.2, 0.25) is 5.02 Å². The molecule has 3 rings (SSSR count). The number of rotatable bonds is 6. The summed E-state index contributed by atoms with van der Waals surface area (Å²) in [5.74, 6) is 0.846. The van der Waals surface area contributed by atoms with Gasteiger partial charge in [0.2, 0.25) is 0 Å². The first-order valence-electron chi connectivity index (χ1n) is 8.12. The number of hydrogen-bond donors (Lipinski definition) is 0. The molecule has 0 radical (unpaired) electrons. The average Bonchev–Trinajstić information content (AvgIpc) is 3.05. The van der Waals surface area contributed by atoms with Crippen molar-refractivity contribution in [3.8, 4) is 0 Å². The largest absolute Gasteiger partial charge is 0.383 e. The number of methoxy groups -OCH3 is 1. The molecule has 1 aliphatic heterocycles. The number of likely N-dealkylation sites (N-methyl/N-ethyl adjacent to an activating group) is 1. The Morgan fingerprint density at radius 2 is 1.84 bits per heavy atom. The highest BCUT2D eigenvalue weighted by Gasteiger charge is 2.29. The molecule has 7 nitrogen and oxygen atoms in total. The van der Waals surface area contributed by atoms with Gasteiger partial charge in [-0.1, -0.05) is 23.7 Å². The van der Waals surface area contributed by atoms with Crippen molar-refractivity contribution in [2.24, 2.45) is 0 Å². The van der Waals surface area contributed by atoms with E-state index in [2.05, 4.69) is 44.5 Å². The smallest absolute Gasteiger partial charge is 0.173 e. The molecule has 9 heteroatoms. The van der Waals surface area contributed by atoms with Crippen molar-refractivity contribution < 1.29 is 4.74 Å². The van der Waals surface area contributed by atoms with Crippen LogP contribution in [0.1, 0.15) is 17.4 Å². The summed E-state index contributed by atoms with van der Waals surface area (Å²) in [6, 6.07) is 7.97. The maximum absolute atomic E-state index is 6.06. The lowest BCUT2D eigenvalue weighted by atomic mass is 10.0. The van der Waals surface area contributed by atoms with Gasteiger partial charge in [-0.25, -0.2) is 4.68 Å². The third kappa shape index (κ3) is 4.89. The Balaban J connectivity index is 0.00000225. The molecule has 0 N–H and O–H groups in total. The second kappa shape index (κ2) is 9.45. The van der Waals surface area contributed by atoms with Crippen LogP contribution in [-0.2, 0) is 11.3 Å². The van der Waals surface area contributed by atoms with Gasteiger partial charge < -0.3 is 9.64 Å². The van der Waals surface area contributed by atoms with E-state index in [1.54, 1.807) is 7.11 Å². The van der Waals surface area contributed by atoms with Gasteiger partial charge in [0, 0.05) is 38.3 Å². The van der Waals surface area contributed by atoms with Crippen molar-refractivity contribution in [3.63, 3.8) is 0 Å². The summed E-state index contributed by atoms with van der Waals surface area (Å²) in [6.45, 7) is 5.22. The molecule has 25 heavy (non-hydrogen) atoms. The Kier molecular flexibility index (Phi) is 7.58. The van der Waals surface area contributed by atoms with Gasteiger partial charge in [-0.05, 0) is 35.2 Å². The zero-order valence-corrected chi connectivity index (χ0v) is 16.1. The van der Waals surface area contributed by atoms with E-state index in [0.29, 0.717) is 13.2 Å². The number of tetrazole rings is 1. The summed E-state index contributed by atoms with van der Waals surface area (Å²) in [5, 5.41) is 13.1. The van der Waals surface area contributed by atoms with E-state index in [-0.39, 0.29) is 18.4 Å². The Morgan fingerprint density at radius 3 is 2.48 bits per heavy atom. The molecule has 0 bridgehead atoms. The summed E-state index contributed by atoms with van der Waals surface area (Å²) < 4.78 is 7.01. The fourth-order valence-corrected chi connectivity index (χ4v) is 3.12. The number of piperazine rings is 1. The first-order chi connectivity index (χ1) is 11.7. The minimum Gasteiger partial charge on any atom is -0.383 e. The zero-order valence-electron chi connectivity index (χ0n) is 14.5. The molecule has 1 unspecified atom stereocenters. The highest BCUT2D eigenvalue weighted by Crippen LogP contribution is 2.28. The highest BCUT2D eigenvalue weighted by atomic mass is 35.5. The molecule has 0 amide bonds. The van der Waals surface area contributed by atoms with Gasteiger partial charge in [0.05, 0.1) is 19.2 Å². The summed E-state index contributed by atoms with van der Waals surface area (Å²) >= 11 is 6.06. The van der Waals surface area contributed by atoms with Crippen LogP contribution in [0.3, 0.4) is 0 Å². The Bertz CT molecular complexity index is 642. The van der Waals surface area contributed by atoms with Gasteiger partial charge in [0.1, 0.15) is 0 Å². The van der Waals surface area contributed by atoms with Crippen LogP contribution in [0.5, 0.6) is 0 Å². The Morgan fingerprint density at radius 1 is 1.16 bits per heavy atom. The molecule has 1 atom stereocenters. The van der Waals surface area contributed by atoms with E-state index in [1.165, 1.54) is 0 Å². The maximum atomic E-state index is 6.06. The number of ether oxygens (including phenoxy) is 1. The van der Waals surface area contributed by atoms with Gasteiger partial charge in [-0.3, -0.25) is 4.90 Å².